The van der Waals surface area contributed by atoms with E-state index in [1.807, 2.05) is 24.5 Å². The Kier molecular flexibility index (Phi) is 3.76. The Balaban J connectivity index is 1.46. The van der Waals surface area contributed by atoms with Gasteiger partial charge in [0.05, 0.1) is 12.8 Å². The van der Waals surface area contributed by atoms with Crippen molar-refractivity contribution in [2.24, 2.45) is 5.92 Å². The number of anilines is 1. The Morgan fingerprint density at radius 3 is 2.70 bits per heavy atom. The van der Waals surface area contributed by atoms with Crippen molar-refractivity contribution in [2.75, 3.05) is 24.6 Å². The number of nitrogens with zero attached hydrogens (tertiary/aromatic N) is 4. The predicted molar refractivity (Wildman–Crippen MR) is 76.8 cm³/mol. The summed E-state index contributed by atoms with van der Waals surface area (Å²) in [4.78, 5) is 15.0. The average molecular weight is 270 g/mol. The van der Waals surface area contributed by atoms with E-state index in [-0.39, 0.29) is 0 Å². The van der Waals surface area contributed by atoms with Gasteiger partial charge in [0.2, 0.25) is 5.95 Å². The molecule has 3 rings (SSSR count). The second kappa shape index (κ2) is 5.86. The molecule has 0 spiro atoms. The van der Waals surface area contributed by atoms with Crippen molar-refractivity contribution in [2.45, 2.75) is 13.3 Å². The molecule has 0 N–H and O–H groups in total. The molecule has 1 fully saturated rings. The largest absolute Gasteiger partial charge is 0.492 e. The highest BCUT2D eigenvalue weighted by Gasteiger charge is 2.29. The van der Waals surface area contributed by atoms with E-state index in [4.69, 9.17) is 4.74 Å². The standard InChI is InChI=1S/C15H18N4O/c1-2-12-6-17-15(18-7-12)19-9-13(10-19)11-20-14-4-3-5-16-8-14/h3-8,13H,2,9-11H2,1H3. The summed E-state index contributed by atoms with van der Waals surface area (Å²) in [6.45, 7) is 4.72. The van der Waals surface area contributed by atoms with Gasteiger partial charge in [-0.15, -0.1) is 0 Å². The second-order valence-electron chi connectivity index (χ2n) is 5.02. The molecule has 2 aromatic heterocycles. The first kappa shape index (κ1) is 12.8. The number of hydrogen-bond acceptors (Lipinski definition) is 5. The first-order chi connectivity index (χ1) is 9.85. The molecule has 104 valence electrons. The van der Waals surface area contributed by atoms with Crippen LogP contribution in [0.1, 0.15) is 12.5 Å². The van der Waals surface area contributed by atoms with Gasteiger partial charge < -0.3 is 9.64 Å². The number of aryl methyl sites for hydroxylation is 1. The zero-order chi connectivity index (χ0) is 13.8. The zero-order valence-electron chi connectivity index (χ0n) is 11.6. The molecule has 5 heteroatoms. The molecule has 3 heterocycles. The molecule has 0 bridgehead atoms. The zero-order valence-corrected chi connectivity index (χ0v) is 11.6. The van der Waals surface area contributed by atoms with Crippen LogP contribution in [0.25, 0.3) is 0 Å². The Hall–Kier alpha value is -2.17. The summed E-state index contributed by atoms with van der Waals surface area (Å²) in [5.74, 6) is 2.18. The summed E-state index contributed by atoms with van der Waals surface area (Å²) in [6.07, 6.45) is 8.27. The van der Waals surface area contributed by atoms with E-state index in [0.717, 1.165) is 37.8 Å². The summed E-state index contributed by atoms with van der Waals surface area (Å²) >= 11 is 0. The highest BCUT2D eigenvalue weighted by atomic mass is 16.5. The van der Waals surface area contributed by atoms with E-state index < -0.39 is 0 Å². The highest BCUT2D eigenvalue weighted by Crippen LogP contribution is 2.21. The Morgan fingerprint density at radius 2 is 2.05 bits per heavy atom. The molecule has 1 aliphatic rings. The molecule has 5 nitrogen and oxygen atoms in total. The van der Waals surface area contributed by atoms with Gasteiger partial charge in [-0.05, 0) is 24.1 Å². The number of hydrogen-bond donors (Lipinski definition) is 0. The third-order valence-electron chi connectivity index (χ3n) is 3.46. The van der Waals surface area contributed by atoms with Crippen molar-refractivity contribution in [3.05, 3.63) is 42.5 Å². The third-order valence-corrected chi connectivity index (χ3v) is 3.46. The Labute approximate surface area is 118 Å². The molecule has 1 aliphatic heterocycles. The molecule has 0 radical (unpaired) electrons. The molecule has 0 aliphatic carbocycles. The average Bonchev–Trinajstić information content (AvgIpc) is 2.47. The Bertz CT molecular complexity index is 538. The summed E-state index contributed by atoms with van der Waals surface area (Å²) < 4.78 is 5.70. The first-order valence-corrected chi connectivity index (χ1v) is 6.94. The second-order valence-corrected chi connectivity index (χ2v) is 5.02. The van der Waals surface area contributed by atoms with E-state index in [9.17, 15) is 0 Å². The lowest BCUT2D eigenvalue weighted by Crippen LogP contribution is -2.50. The summed E-state index contributed by atoms with van der Waals surface area (Å²) in [6, 6.07) is 3.81. The summed E-state index contributed by atoms with van der Waals surface area (Å²) in [7, 11) is 0. The van der Waals surface area contributed by atoms with Crippen LogP contribution in [-0.4, -0.2) is 34.6 Å². The van der Waals surface area contributed by atoms with Crippen LogP contribution in [0.4, 0.5) is 5.95 Å². The van der Waals surface area contributed by atoms with Crippen LogP contribution < -0.4 is 9.64 Å². The summed E-state index contributed by atoms with van der Waals surface area (Å²) in [5, 5.41) is 0. The molecular weight excluding hydrogens is 252 g/mol. The fraction of sp³-hybridized carbons (Fsp3) is 0.400. The van der Waals surface area contributed by atoms with Gasteiger partial charge in [0, 0.05) is 37.6 Å². The lowest BCUT2D eigenvalue weighted by Gasteiger charge is -2.38. The molecule has 0 atom stereocenters. The van der Waals surface area contributed by atoms with Crippen LogP contribution in [0, 0.1) is 5.92 Å². The minimum atomic E-state index is 0.532. The molecule has 0 amide bonds. The number of rotatable bonds is 5. The lowest BCUT2D eigenvalue weighted by atomic mass is 10.0. The predicted octanol–water partition coefficient (Wildman–Crippen LogP) is 1.95. The van der Waals surface area contributed by atoms with Crippen molar-refractivity contribution < 1.29 is 4.74 Å². The molecule has 20 heavy (non-hydrogen) atoms. The minimum absolute atomic E-state index is 0.532. The maximum atomic E-state index is 5.70. The molecule has 0 saturated carbocycles. The van der Waals surface area contributed by atoms with E-state index in [1.54, 1.807) is 12.4 Å². The van der Waals surface area contributed by atoms with Crippen molar-refractivity contribution in [3.8, 4) is 5.75 Å². The monoisotopic (exact) mass is 270 g/mol. The molecule has 0 unspecified atom stereocenters. The SMILES string of the molecule is CCc1cnc(N2CC(COc3cccnc3)C2)nc1. The maximum Gasteiger partial charge on any atom is 0.225 e. The highest BCUT2D eigenvalue weighted by molar-refractivity contribution is 5.34. The van der Waals surface area contributed by atoms with Gasteiger partial charge in [0.25, 0.3) is 0 Å². The number of ether oxygens (including phenoxy) is 1. The smallest absolute Gasteiger partial charge is 0.225 e. The summed E-state index contributed by atoms with van der Waals surface area (Å²) in [5.41, 5.74) is 1.17. The molecule has 1 saturated heterocycles. The fourth-order valence-corrected chi connectivity index (χ4v) is 2.18. The van der Waals surface area contributed by atoms with Crippen LogP contribution >= 0.6 is 0 Å². The van der Waals surface area contributed by atoms with Gasteiger partial charge >= 0.3 is 0 Å². The van der Waals surface area contributed by atoms with Gasteiger partial charge in [-0.2, -0.15) is 0 Å². The van der Waals surface area contributed by atoms with Gasteiger partial charge in [-0.25, -0.2) is 9.97 Å². The van der Waals surface area contributed by atoms with Gasteiger partial charge in [-0.1, -0.05) is 6.92 Å². The van der Waals surface area contributed by atoms with Crippen LogP contribution in [0.5, 0.6) is 5.75 Å². The normalized spacial score (nSPS) is 14.9. The van der Waals surface area contributed by atoms with Crippen molar-refractivity contribution in [1.82, 2.24) is 15.0 Å². The van der Waals surface area contributed by atoms with E-state index in [2.05, 4.69) is 26.8 Å². The van der Waals surface area contributed by atoms with Crippen molar-refractivity contribution in [1.29, 1.82) is 0 Å². The van der Waals surface area contributed by atoms with Crippen LogP contribution in [0.2, 0.25) is 0 Å². The van der Waals surface area contributed by atoms with Crippen molar-refractivity contribution in [3.63, 3.8) is 0 Å². The molecule has 2 aromatic rings. The third kappa shape index (κ3) is 2.87. The van der Waals surface area contributed by atoms with Crippen LogP contribution in [0.3, 0.4) is 0 Å². The first-order valence-electron chi connectivity index (χ1n) is 6.94. The van der Waals surface area contributed by atoms with Crippen LogP contribution in [0.15, 0.2) is 36.9 Å². The maximum absolute atomic E-state index is 5.70. The van der Waals surface area contributed by atoms with Gasteiger partial charge in [-0.3, -0.25) is 4.98 Å². The lowest BCUT2D eigenvalue weighted by molar-refractivity contribution is 0.219. The van der Waals surface area contributed by atoms with Crippen molar-refractivity contribution >= 4 is 5.95 Å². The topological polar surface area (TPSA) is 51.1 Å². The minimum Gasteiger partial charge on any atom is -0.492 e. The molecule has 0 aromatic carbocycles. The van der Waals surface area contributed by atoms with E-state index in [0.29, 0.717) is 5.92 Å². The van der Waals surface area contributed by atoms with Crippen LogP contribution in [-0.2, 0) is 6.42 Å². The quantitative estimate of drug-likeness (QED) is 0.831. The fourth-order valence-electron chi connectivity index (χ4n) is 2.18. The Morgan fingerprint density at radius 1 is 1.25 bits per heavy atom. The number of pyridine rings is 1. The molecular formula is C15H18N4O. The van der Waals surface area contributed by atoms with Gasteiger partial charge in [0.15, 0.2) is 0 Å². The van der Waals surface area contributed by atoms with E-state index >= 15 is 0 Å². The van der Waals surface area contributed by atoms with Gasteiger partial charge in [0.1, 0.15) is 5.75 Å². The number of aromatic nitrogens is 3. The van der Waals surface area contributed by atoms with E-state index in [1.165, 1.54) is 5.56 Å².